The Bertz CT molecular complexity index is 169. The van der Waals surface area contributed by atoms with Crippen molar-refractivity contribution in [3.63, 3.8) is 0 Å². The highest BCUT2D eigenvalue weighted by Gasteiger charge is 2.11. The Morgan fingerprint density at radius 2 is 1.86 bits per heavy atom. The summed E-state index contributed by atoms with van der Waals surface area (Å²) in [6, 6.07) is 0.452. The summed E-state index contributed by atoms with van der Waals surface area (Å²) in [5.41, 5.74) is 5.50. The maximum atomic E-state index is 11.3. The maximum Gasteiger partial charge on any atom is 0.223 e. The van der Waals surface area contributed by atoms with Crippen molar-refractivity contribution in [2.24, 2.45) is 5.73 Å². The van der Waals surface area contributed by atoms with Crippen LogP contribution in [0.5, 0.6) is 0 Å². The van der Waals surface area contributed by atoms with Gasteiger partial charge in [0.2, 0.25) is 5.91 Å². The Labute approximate surface area is 87.0 Å². The maximum absolute atomic E-state index is 11.3. The molecular formula is C10H23N3O. The molecule has 0 aliphatic carbocycles. The standard InChI is InChI=1S/C10H23N3O/c1-9(2)13(8-6-11)7-5-10(14)12(3)4/h9H,5-8,11H2,1-4H3. The summed E-state index contributed by atoms with van der Waals surface area (Å²) >= 11 is 0. The second-order valence-electron chi connectivity index (χ2n) is 3.96. The Kier molecular flexibility index (Phi) is 6.49. The van der Waals surface area contributed by atoms with Crippen molar-refractivity contribution >= 4 is 5.91 Å². The summed E-state index contributed by atoms with van der Waals surface area (Å²) in [6.45, 7) is 6.55. The van der Waals surface area contributed by atoms with Crippen LogP contribution < -0.4 is 5.73 Å². The summed E-state index contributed by atoms with van der Waals surface area (Å²) in [7, 11) is 3.57. The third kappa shape index (κ3) is 5.19. The largest absolute Gasteiger partial charge is 0.349 e. The van der Waals surface area contributed by atoms with Gasteiger partial charge in [0.1, 0.15) is 0 Å². The van der Waals surface area contributed by atoms with Crippen molar-refractivity contribution in [3.8, 4) is 0 Å². The molecule has 14 heavy (non-hydrogen) atoms. The molecule has 0 unspecified atom stereocenters. The Morgan fingerprint density at radius 1 is 1.29 bits per heavy atom. The predicted molar refractivity (Wildman–Crippen MR) is 59.1 cm³/mol. The Morgan fingerprint density at radius 3 is 2.21 bits per heavy atom. The van der Waals surface area contributed by atoms with Gasteiger partial charge in [-0.15, -0.1) is 0 Å². The summed E-state index contributed by atoms with van der Waals surface area (Å²) in [6.07, 6.45) is 0.575. The SMILES string of the molecule is CC(C)N(CCN)CCC(=O)N(C)C. The molecular weight excluding hydrogens is 178 g/mol. The fourth-order valence-electron chi connectivity index (χ4n) is 1.26. The van der Waals surface area contributed by atoms with Gasteiger partial charge >= 0.3 is 0 Å². The lowest BCUT2D eigenvalue weighted by atomic mass is 10.2. The number of carbonyl (C=O) groups is 1. The van der Waals surface area contributed by atoms with Gasteiger partial charge in [-0.05, 0) is 13.8 Å². The van der Waals surface area contributed by atoms with Gasteiger partial charge in [-0.2, -0.15) is 0 Å². The highest BCUT2D eigenvalue weighted by atomic mass is 16.2. The Hall–Kier alpha value is -0.610. The lowest BCUT2D eigenvalue weighted by molar-refractivity contribution is -0.129. The first-order valence-corrected chi connectivity index (χ1v) is 5.13. The van der Waals surface area contributed by atoms with Crippen molar-refractivity contribution in [3.05, 3.63) is 0 Å². The molecule has 0 saturated heterocycles. The molecule has 0 fully saturated rings. The minimum Gasteiger partial charge on any atom is -0.349 e. The van der Waals surface area contributed by atoms with E-state index in [2.05, 4.69) is 18.7 Å². The smallest absolute Gasteiger partial charge is 0.223 e. The molecule has 0 atom stereocenters. The van der Waals surface area contributed by atoms with Gasteiger partial charge in [0.25, 0.3) is 0 Å². The normalized spacial score (nSPS) is 11.1. The van der Waals surface area contributed by atoms with Crippen LogP contribution in [0.4, 0.5) is 0 Å². The van der Waals surface area contributed by atoms with Gasteiger partial charge in [0, 0.05) is 46.2 Å². The first-order valence-electron chi connectivity index (χ1n) is 5.13. The van der Waals surface area contributed by atoms with Gasteiger partial charge in [0.15, 0.2) is 0 Å². The summed E-state index contributed by atoms with van der Waals surface area (Å²) < 4.78 is 0. The molecule has 0 rings (SSSR count). The molecule has 0 spiro atoms. The highest BCUT2D eigenvalue weighted by Crippen LogP contribution is 1.99. The number of rotatable bonds is 6. The summed E-state index contributed by atoms with van der Waals surface area (Å²) in [5, 5.41) is 0. The van der Waals surface area contributed by atoms with E-state index in [0.29, 0.717) is 19.0 Å². The van der Waals surface area contributed by atoms with Crippen LogP contribution in [0.15, 0.2) is 0 Å². The van der Waals surface area contributed by atoms with Crippen molar-refractivity contribution < 1.29 is 4.79 Å². The molecule has 0 heterocycles. The van der Waals surface area contributed by atoms with Crippen LogP contribution >= 0.6 is 0 Å². The minimum atomic E-state index is 0.174. The number of nitrogens with zero attached hydrogens (tertiary/aromatic N) is 2. The topological polar surface area (TPSA) is 49.6 Å². The number of amides is 1. The highest BCUT2D eigenvalue weighted by molar-refractivity contribution is 5.75. The van der Waals surface area contributed by atoms with E-state index in [0.717, 1.165) is 13.1 Å². The van der Waals surface area contributed by atoms with E-state index < -0.39 is 0 Å². The molecule has 2 N–H and O–H groups in total. The van der Waals surface area contributed by atoms with E-state index in [1.807, 2.05) is 0 Å². The van der Waals surface area contributed by atoms with E-state index in [4.69, 9.17) is 5.73 Å². The third-order valence-electron chi connectivity index (χ3n) is 2.26. The summed E-state index contributed by atoms with van der Waals surface area (Å²) in [5.74, 6) is 0.174. The van der Waals surface area contributed by atoms with E-state index in [1.54, 1.807) is 19.0 Å². The van der Waals surface area contributed by atoms with Crippen molar-refractivity contribution in [2.75, 3.05) is 33.7 Å². The molecule has 4 nitrogen and oxygen atoms in total. The van der Waals surface area contributed by atoms with Crippen molar-refractivity contribution in [1.29, 1.82) is 0 Å². The zero-order chi connectivity index (χ0) is 11.1. The van der Waals surface area contributed by atoms with Crippen LogP contribution in [-0.2, 0) is 4.79 Å². The lowest BCUT2D eigenvalue weighted by Crippen LogP contribution is -2.38. The molecule has 0 bridgehead atoms. The third-order valence-corrected chi connectivity index (χ3v) is 2.26. The lowest BCUT2D eigenvalue weighted by Gasteiger charge is -2.25. The molecule has 0 saturated carbocycles. The number of nitrogens with two attached hydrogens (primary N) is 1. The second-order valence-corrected chi connectivity index (χ2v) is 3.96. The first kappa shape index (κ1) is 13.4. The van der Waals surface area contributed by atoms with Gasteiger partial charge < -0.3 is 10.6 Å². The average molecular weight is 201 g/mol. The van der Waals surface area contributed by atoms with E-state index in [-0.39, 0.29) is 5.91 Å². The van der Waals surface area contributed by atoms with Gasteiger partial charge in [-0.25, -0.2) is 0 Å². The quantitative estimate of drug-likeness (QED) is 0.665. The van der Waals surface area contributed by atoms with Crippen molar-refractivity contribution in [1.82, 2.24) is 9.80 Å². The molecule has 4 heteroatoms. The first-order chi connectivity index (χ1) is 6.49. The molecule has 0 radical (unpaired) electrons. The van der Waals surface area contributed by atoms with Crippen LogP contribution in [0.1, 0.15) is 20.3 Å². The van der Waals surface area contributed by atoms with Gasteiger partial charge in [-0.1, -0.05) is 0 Å². The number of hydrogen-bond acceptors (Lipinski definition) is 3. The zero-order valence-corrected chi connectivity index (χ0v) is 9.79. The predicted octanol–water partition coefficient (Wildman–Crippen LogP) is 0.134. The molecule has 1 amide bonds. The molecule has 0 aromatic rings. The van der Waals surface area contributed by atoms with Gasteiger partial charge in [0.05, 0.1) is 0 Å². The van der Waals surface area contributed by atoms with E-state index in [9.17, 15) is 4.79 Å². The second kappa shape index (κ2) is 6.79. The number of hydrogen-bond donors (Lipinski definition) is 1. The van der Waals surface area contributed by atoms with E-state index >= 15 is 0 Å². The van der Waals surface area contributed by atoms with Crippen LogP contribution in [0.3, 0.4) is 0 Å². The van der Waals surface area contributed by atoms with Crippen LogP contribution in [0.2, 0.25) is 0 Å². The monoisotopic (exact) mass is 201 g/mol. The van der Waals surface area contributed by atoms with Gasteiger partial charge in [-0.3, -0.25) is 9.69 Å². The molecule has 0 aromatic heterocycles. The molecule has 84 valence electrons. The molecule has 0 aliphatic heterocycles. The van der Waals surface area contributed by atoms with Crippen LogP contribution in [0.25, 0.3) is 0 Å². The van der Waals surface area contributed by atoms with Crippen LogP contribution in [0, 0.1) is 0 Å². The average Bonchev–Trinajstić information content (AvgIpc) is 2.10. The summed E-state index contributed by atoms with van der Waals surface area (Å²) in [4.78, 5) is 15.2. The Balaban J connectivity index is 3.87. The zero-order valence-electron chi connectivity index (χ0n) is 9.79. The fourth-order valence-corrected chi connectivity index (χ4v) is 1.26. The van der Waals surface area contributed by atoms with E-state index in [1.165, 1.54) is 0 Å². The molecule has 0 aliphatic rings. The number of carbonyl (C=O) groups excluding carboxylic acids is 1. The fraction of sp³-hybridized carbons (Fsp3) is 0.900. The minimum absolute atomic E-state index is 0.174. The van der Waals surface area contributed by atoms with Crippen LogP contribution in [-0.4, -0.2) is 55.5 Å². The molecule has 0 aromatic carbocycles. The van der Waals surface area contributed by atoms with Crippen molar-refractivity contribution in [2.45, 2.75) is 26.3 Å².